The molecule has 3 aromatic carbocycles. The van der Waals surface area contributed by atoms with Crippen molar-refractivity contribution in [2.75, 3.05) is 19.8 Å². The number of hydrogen-bond donors (Lipinski definition) is 4. The van der Waals surface area contributed by atoms with Crippen molar-refractivity contribution in [3.8, 4) is 5.75 Å². The number of carboxylic acid groups (broad SMARTS) is 1. The summed E-state index contributed by atoms with van der Waals surface area (Å²) in [5, 5.41) is 33.0. The van der Waals surface area contributed by atoms with Gasteiger partial charge in [-0.05, 0) is 60.4 Å². The molecule has 0 radical (unpaired) electrons. The van der Waals surface area contributed by atoms with Crippen molar-refractivity contribution in [1.82, 2.24) is 10.2 Å². The van der Waals surface area contributed by atoms with Crippen LogP contribution in [0.1, 0.15) is 45.9 Å². The number of fused-ring (bicyclic) bond motifs is 1. The molecule has 0 aromatic heterocycles. The number of benzene rings is 3. The summed E-state index contributed by atoms with van der Waals surface area (Å²) in [5.41, 5.74) is 2.35. The Balaban J connectivity index is 1.65. The largest absolute Gasteiger partial charge is 0.482 e. The first kappa shape index (κ1) is 29.1. The molecule has 9 nitrogen and oxygen atoms in total. The van der Waals surface area contributed by atoms with Gasteiger partial charge < -0.3 is 30.3 Å². The molecular formula is C30H31ClN2O7. The van der Waals surface area contributed by atoms with Gasteiger partial charge in [0, 0.05) is 17.1 Å². The summed E-state index contributed by atoms with van der Waals surface area (Å²) in [6.07, 6.45) is -0.612. The van der Waals surface area contributed by atoms with Gasteiger partial charge in [0.05, 0.1) is 30.7 Å². The zero-order chi connectivity index (χ0) is 28.8. The van der Waals surface area contributed by atoms with Gasteiger partial charge in [0.25, 0.3) is 5.91 Å². The average Bonchev–Trinajstić information content (AvgIpc) is 2.94. The van der Waals surface area contributed by atoms with Crippen molar-refractivity contribution in [1.29, 1.82) is 0 Å². The number of amides is 2. The van der Waals surface area contributed by atoms with E-state index in [0.29, 0.717) is 33.9 Å². The van der Waals surface area contributed by atoms with Crippen LogP contribution in [0.25, 0.3) is 0 Å². The monoisotopic (exact) mass is 566 g/mol. The quantitative estimate of drug-likeness (QED) is 0.280. The second-order valence-corrected chi connectivity index (χ2v) is 10.1. The van der Waals surface area contributed by atoms with E-state index in [-0.39, 0.29) is 12.5 Å². The molecule has 1 heterocycles. The summed E-state index contributed by atoms with van der Waals surface area (Å²) in [7, 11) is 0. The van der Waals surface area contributed by atoms with Gasteiger partial charge in [-0.1, -0.05) is 54.1 Å². The maximum atomic E-state index is 13.9. The van der Waals surface area contributed by atoms with E-state index >= 15 is 0 Å². The van der Waals surface area contributed by atoms with E-state index in [2.05, 4.69) is 5.32 Å². The Kier molecular flexibility index (Phi) is 9.42. The number of rotatable bonds is 11. The lowest BCUT2D eigenvalue weighted by atomic mass is 9.78. The van der Waals surface area contributed by atoms with E-state index in [4.69, 9.17) is 21.4 Å². The molecule has 40 heavy (non-hydrogen) atoms. The minimum atomic E-state index is -1.08. The molecule has 1 aliphatic rings. The predicted molar refractivity (Wildman–Crippen MR) is 148 cm³/mol. The molecule has 0 unspecified atom stereocenters. The first-order valence-corrected chi connectivity index (χ1v) is 13.3. The number of carboxylic acids is 1. The van der Waals surface area contributed by atoms with Gasteiger partial charge in [0.1, 0.15) is 5.75 Å². The van der Waals surface area contributed by atoms with Crippen molar-refractivity contribution in [2.45, 2.75) is 37.5 Å². The Morgan fingerprint density at radius 2 is 1.80 bits per heavy atom. The van der Waals surface area contributed by atoms with Crippen LogP contribution in [0.5, 0.6) is 5.75 Å². The van der Waals surface area contributed by atoms with Crippen molar-refractivity contribution < 1.29 is 34.4 Å². The number of nitrogens with one attached hydrogen (secondary N) is 1. The first-order valence-electron chi connectivity index (χ1n) is 12.9. The van der Waals surface area contributed by atoms with Crippen molar-refractivity contribution in [3.05, 3.63) is 100 Å². The lowest BCUT2D eigenvalue weighted by molar-refractivity contribution is -0.139. The molecule has 0 spiro atoms. The number of aliphatic hydroxyl groups is 2. The van der Waals surface area contributed by atoms with E-state index in [1.165, 1.54) is 11.8 Å². The molecule has 2 amide bonds. The third kappa shape index (κ3) is 6.44. The second-order valence-electron chi connectivity index (χ2n) is 9.64. The molecule has 4 atom stereocenters. The zero-order valence-electron chi connectivity index (χ0n) is 21.9. The summed E-state index contributed by atoms with van der Waals surface area (Å²) in [5.74, 6) is -2.22. The van der Waals surface area contributed by atoms with Gasteiger partial charge >= 0.3 is 5.97 Å². The Bertz CT molecular complexity index is 1360. The SMILES string of the molecule is C[C@H](O)[C@H](CO)N1C(=O)c2ccccc2[C@@H](C(=O)NCCc2cccc(OCC(=O)O)c2)[C@@H]1c1ccc(Cl)cc1. The van der Waals surface area contributed by atoms with Crippen LogP contribution in [0, 0.1) is 0 Å². The highest BCUT2D eigenvalue weighted by Crippen LogP contribution is 2.44. The van der Waals surface area contributed by atoms with Crippen molar-refractivity contribution in [3.63, 3.8) is 0 Å². The summed E-state index contributed by atoms with van der Waals surface area (Å²) in [6.45, 7) is 0.812. The summed E-state index contributed by atoms with van der Waals surface area (Å²) < 4.78 is 5.24. The van der Waals surface area contributed by atoms with Gasteiger partial charge in [0.15, 0.2) is 6.61 Å². The Morgan fingerprint density at radius 1 is 1.07 bits per heavy atom. The first-order chi connectivity index (χ1) is 19.2. The Hall–Kier alpha value is -3.92. The standard InChI is InChI=1S/C30H31ClN2O7/c1-18(35)25(16-34)33-28(20-9-11-21(31)12-10-20)27(23-7-2-3-8-24(23)30(33)39)29(38)32-14-13-19-5-4-6-22(15-19)40-17-26(36)37/h2-12,15,18,25,27-28,34-35H,13-14,16-17H2,1H3,(H,32,38)(H,36,37)/t18-,25-,27+,28-/m0/s1. The zero-order valence-corrected chi connectivity index (χ0v) is 22.6. The van der Waals surface area contributed by atoms with E-state index in [1.807, 2.05) is 6.07 Å². The minimum absolute atomic E-state index is 0.265. The minimum Gasteiger partial charge on any atom is -0.482 e. The highest BCUT2D eigenvalue weighted by Gasteiger charge is 2.47. The van der Waals surface area contributed by atoms with E-state index < -0.39 is 49.2 Å². The molecule has 3 aromatic rings. The van der Waals surface area contributed by atoms with Crippen LogP contribution in [-0.2, 0) is 16.0 Å². The molecule has 4 N–H and O–H groups in total. The second kappa shape index (κ2) is 13.0. The third-order valence-electron chi connectivity index (χ3n) is 6.95. The Morgan fingerprint density at radius 3 is 2.48 bits per heavy atom. The number of nitrogens with zero attached hydrogens (tertiary/aromatic N) is 1. The van der Waals surface area contributed by atoms with Crippen LogP contribution in [-0.4, -0.2) is 69.9 Å². The predicted octanol–water partition coefficient (Wildman–Crippen LogP) is 3.18. The number of carbonyl (C=O) groups excluding carboxylic acids is 2. The number of hydrogen-bond acceptors (Lipinski definition) is 6. The van der Waals surface area contributed by atoms with Crippen molar-refractivity contribution >= 4 is 29.4 Å². The van der Waals surface area contributed by atoms with Crippen LogP contribution in [0.2, 0.25) is 5.02 Å². The fourth-order valence-electron chi connectivity index (χ4n) is 5.06. The van der Waals surface area contributed by atoms with E-state index in [0.717, 1.165) is 5.56 Å². The highest BCUT2D eigenvalue weighted by atomic mass is 35.5. The van der Waals surface area contributed by atoms with Crippen molar-refractivity contribution in [2.24, 2.45) is 0 Å². The van der Waals surface area contributed by atoms with Gasteiger partial charge in [-0.2, -0.15) is 0 Å². The molecular weight excluding hydrogens is 536 g/mol. The molecule has 10 heteroatoms. The van der Waals surface area contributed by atoms with Crippen LogP contribution < -0.4 is 10.1 Å². The number of carbonyl (C=O) groups is 3. The van der Waals surface area contributed by atoms with Crippen LogP contribution in [0.4, 0.5) is 0 Å². The van der Waals surface area contributed by atoms with Crippen LogP contribution in [0.15, 0.2) is 72.8 Å². The van der Waals surface area contributed by atoms with E-state index in [9.17, 15) is 24.6 Å². The van der Waals surface area contributed by atoms with Gasteiger partial charge in [-0.25, -0.2) is 4.79 Å². The normalized spacial score (nSPS) is 18.0. The fourth-order valence-corrected chi connectivity index (χ4v) is 5.19. The number of aliphatic carboxylic acids is 1. The Labute approximate surface area is 237 Å². The van der Waals surface area contributed by atoms with Gasteiger partial charge in [-0.3, -0.25) is 9.59 Å². The fraction of sp³-hybridized carbons (Fsp3) is 0.300. The van der Waals surface area contributed by atoms with Crippen LogP contribution in [0.3, 0.4) is 0 Å². The molecule has 0 saturated heterocycles. The average molecular weight is 567 g/mol. The molecule has 0 bridgehead atoms. The number of ether oxygens (including phenoxy) is 1. The topological polar surface area (TPSA) is 136 Å². The lowest BCUT2D eigenvalue weighted by Gasteiger charge is -2.46. The molecule has 0 aliphatic carbocycles. The molecule has 210 valence electrons. The highest BCUT2D eigenvalue weighted by molar-refractivity contribution is 6.30. The third-order valence-corrected chi connectivity index (χ3v) is 7.20. The summed E-state index contributed by atoms with van der Waals surface area (Å²) in [6, 6.07) is 18.9. The number of aliphatic hydroxyl groups excluding tert-OH is 2. The summed E-state index contributed by atoms with van der Waals surface area (Å²) >= 11 is 6.13. The van der Waals surface area contributed by atoms with Gasteiger partial charge in [-0.15, -0.1) is 0 Å². The van der Waals surface area contributed by atoms with E-state index in [1.54, 1.807) is 66.7 Å². The number of halogens is 1. The maximum Gasteiger partial charge on any atom is 0.341 e. The van der Waals surface area contributed by atoms with Crippen LogP contribution >= 0.6 is 11.6 Å². The lowest BCUT2D eigenvalue weighted by Crippen LogP contribution is -2.55. The maximum absolute atomic E-state index is 13.9. The molecule has 0 saturated carbocycles. The molecule has 1 aliphatic heterocycles. The molecule has 4 rings (SSSR count). The van der Waals surface area contributed by atoms with Gasteiger partial charge in [0.2, 0.25) is 5.91 Å². The molecule has 0 fully saturated rings. The smallest absolute Gasteiger partial charge is 0.341 e. The summed E-state index contributed by atoms with van der Waals surface area (Å²) in [4.78, 5) is 39.9.